The Morgan fingerprint density at radius 2 is 2.06 bits per heavy atom. The third-order valence-corrected chi connectivity index (χ3v) is 3.69. The fourth-order valence-electron chi connectivity index (χ4n) is 3.02. The van der Waals surface area contributed by atoms with Gasteiger partial charge in [-0.2, -0.15) is 0 Å². The minimum Gasteiger partial charge on any atom is -0.493 e. The number of nitrogens with zero attached hydrogens (tertiary/aromatic N) is 2. The van der Waals surface area contributed by atoms with Gasteiger partial charge in [-0.25, -0.2) is 13.8 Å². The van der Waals surface area contributed by atoms with E-state index in [-0.39, 0.29) is 18.3 Å². The van der Waals surface area contributed by atoms with Crippen molar-refractivity contribution in [2.24, 2.45) is 5.41 Å². The highest BCUT2D eigenvalue weighted by atomic mass is 19.3. The number of hydrogen-bond donors (Lipinski definition) is 1. The third kappa shape index (κ3) is 1.67. The van der Waals surface area contributed by atoms with Gasteiger partial charge in [-0.05, 0) is 0 Å². The van der Waals surface area contributed by atoms with Crippen LogP contribution < -0.4 is 15.4 Å². The van der Waals surface area contributed by atoms with Gasteiger partial charge in [0.1, 0.15) is 0 Å². The smallest absolute Gasteiger partial charge is 0.249 e. The molecule has 0 amide bonds. The first-order valence-corrected chi connectivity index (χ1v) is 5.85. The van der Waals surface area contributed by atoms with Gasteiger partial charge in [0.2, 0.25) is 5.92 Å². The molecule has 2 aliphatic rings. The summed E-state index contributed by atoms with van der Waals surface area (Å²) in [6.45, 7) is 1.24. The second-order valence-electron chi connectivity index (χ2n) is 5.36. The van der Waals surface area contributed by atoms with Gasteiger partial charge in [0.15, 0.2) is 11.6 Å². The van der Waals surface area contributed by atoms with Crippen LogP contribution in [0.4, 0.5) is 20.3 Å². The average Bonchev–Trinajstić information content (AvgIpc) is 2.22. The molecule has 1 aliphatic heterocycles. The van der Waals surface area contributed by atoms with Gasteiger partial charge >= 0.3 is 0 Å². The molecule has 98 valence electrons. The Morgan fingerprint density at radius 3 is 2.61 bits per heavy atom. The molecule has 0 bridgehead atoms. The van der Waals surface area contributed by atoms with Crippen molar-refractivity contribution in [2.75, 3.05) is 30.8 Å². The summed E-state index contributed by atoms with van der Waals surface area (Å²) in [7, 11) is 1.55. The molecule has 0 radical (unpaired) electrons. The molecular formula is C12H15F2N3O. The maximum Gasteiger partial charge on any atom is 0.249 e. The van der Waals surface area contributed by atoms with Gasteiger partial charge in [0.25, 0.3) is 0 Å². The van der Waals surface area contributed by atoms with Crippen LogP contribution >= 0.6 is 0 Å². The summed E-state index contributed by atoms with van der Waals surface area (Å²) >= 11 is 0. The second-order valence-corrected chi connectivity index (χ2v) is 5.36. The number of pyridine rings is 1. The van der Waals surface area contributed by atoms with Gasteiger partial charge in [-0.3, -0.25) is 0 Å². The number of alkyl halides is 2. The number of methoxy groups -OCH3 is 1. The van der Waals surface area contributed by atoms with E-state index < -0.39 is 5.92 Å². The quantitative estimate of drug-likeness (QED) is 0.877. The lowest BCUT2D eigenvalue weighted by atomic mass is 9.61. The molecule has 2 fully saturated rings. The van der Waals surface area contributed by atoms with E-state index in [0.717, 1.165) is 0 Å². The molecular weight excluding hydrogens is 240 g/mol. The molecule has 1 saturated heterocycles. The van der Waals surface area contributed by atoms with E-state index in [1.54, 1.807) is 19.4 Å². The predicted molar refractivity (Wildman–Crippen MR) is 64.0 cm³/mol. The van der Waals surface area contributed by atoms with E-state index in [0.29, 0.717) is 30.3 Å². The van der Waals surface area contributed by atoms with Gasteiger partial charge in [0.05, 0.1) is 19.0 Å². The number of ether oxygens (including phenoxy) is 1. The molecule has 0 aromatic carbocycles. The normalized spacial score (nSPS) is 23.4. The number of anilines is 2. The van der Waals surface area contributed by atoms with Crippen LogP contribution in [0.5, 0.6) is 5.75 Å². The van der Waals surface area contributed by atoms with Gasteiger partial charge in [-0.1, -0.05) is 0 Å². The highest BCUT2D eigenvalue weighted by Gasteiger charge is 2.62. The van der Waals surface area contributed by atoms with Crippen molar-refractivity contribution in [3.63, 3.8) is 0 Å². The lowest BCUT2D eigenvalue weighted by Crippen LogP contribution is -2.66. The third-order valence-electron chi connectivity index (χ3n) is 3.69. The topological polar surface area (TPSA) is 51.4 Å². The Labute approximate surface area is 104 Å². The lowest BCUT2D eigenvalue weighted by Gasteiger charge is -2.59. The first kappa shape index (κ1) is 11.5. The van der Waals surface area contributed by atoms with Crippen molar-refractivity contribution in [1.29, 1.82) is 0 Å². The minimum atomic E-state index is -2.47. The van der Waals surface area contributed by atoms with Gasteiger partial charge in [0, 0.05) is 37.4 Å². The van der Waals surface area contributed by atoms with Crippen LogP contribution in [0, 0.1) is 5.41 Å². The van der Waals surface area contributed by atoms with Crippen LogP contribution in [0.2, 0.25) is 0 Å². The van der Waals surface area contributed by atoms with Crippen LogP contribution in [0.1, 0.15) is 12.8 Å². The molecule has 1 aromatic heterocycles. The molecule has 3 rings (SSSR count). The Morgan fingerprint density at radius 1 is 1.39 bits per heavy atom. The lowest BCUT2D eigenvalue weighted by molar-refractivity contribution is -0.170. The Hall–Kier alpha value is -1.59. The van der Waals surface area contributed by atoms with E-state index in [2.05, 4.69) is 4.98 Å². The SMILES string of the molecule is COc1cc(N)cnc1N1CC2(C1)CC(F)(F)C2. The zero-order chi connectivity index (χ0) is 13.0. The van der Waals surface area contributed by atoms with Crippen molar-refractivity contribution < 1.29 is 13.5 Å². The highest BCUT2D eigenvalue weighted by molar-refractivity contribution is 5.60. The summed E-state index contributed by atoms with van der Waals surface area (Å²) in [5, 5.41) is 0. The largest absolute Gasteiger partial charge is 0.493 e. The summed E-state index contributed by atoms with van der Waals surface area (Å²) in [6.07, 6.45) is 1.54. The average molecular weight is 255 g/mol. The van der Waals surface area contributed by atoms with Crippen molar-refractivity contribution in [3.05, 3.63) is 12.3 Å². The fraction of sp³-hybridized carbons (Fsp3) is 0.583. The molecule has 1 aliphatic carbocycles. The second kappa shape index (κ2) is 3.46. The van der Waals surface area contributed by atoms with Crippen LogP contribution in [0.15, 0.2) is 12.3 Å². The summed E-state index contributed by atoms with van der Waals surface area (Å²) in [6, 6.07) is 1.70. The van der Waals surface area contributed by atoms with E-state index in [9.17, 15) is 8.78 Å². The molecule has 6 heteroatoms. The molecule has 1 spiro atoms. The highest BCUT2D eigenvalue weighted by Crippen LogP contribution is 2.57. The number of aromatic nitrogens is 1. The molecule has 18 heavy (non-hydrogen) atoms. The van der Waals surface area contributed by atoms with Crippen LogP contribution in [0.25, 0.3) is 0 Å². The van der Waals surface area contributed by atoms with E-state index >= 15 is 0 Å². The number of hydrogen-bond acceptors (Lipinski definition) is 4. The number of halogens is 2. The van der Waals surface area contributed by atoms with Crippen LogP contribution in [-0.4, -0.2) is 31.1 Å². The molecule has 0 unspecified atom stereocenters. The fourth-order valence-corrected chi connectivity index (χ4v) is 3.02. The number of rotatable bonds is 2. The first-order chi connectivity index (χ1) is 8.43. The maximum absolute atomic E-state index is 12.9. The van der Waals surface area contributed by atoms with E-state index in [1.165, 1.54) is 0 Å². The summed E-state index contributed by atoms with van der Waals surface area (Å²) in [4.78, 5) is 6.19. The standard InChI is InChI=1S/C12H15F2N3O/c1-18-9-2-8(15)3-16-10(9)17-6-11(7-17)4-12(13,14)5-11/h2-3H,4-7,15H2,1H3. The van der Waals surface area contributed by atoms with Crippen LogP contribution in [-0.2, 0) is 0 Å². The van der Waals surface area contributed by atoms with Gasteiger partial charge < -0.3 is 15.4 Å². The molecule has 4 nitrogen and oxygen atoms in total. The van der Waals surface area contributed by atoms with Crippen molar-refractivity contribution in [3.8, 4) is 5.75 Å². The molecule has 2 heterocycles. The Balaban J connectivity index is 1.72. The predicted octanol–water partition coefficient (Wildman–Crippen LogP) is 1.91. The van der Waals surface area contributed by atoms with Crippen LogP contribution in [0.3, 0.4) is 0 Å². The van der Waals surface area contributed by atoms with Crippen molar-refractivity contribution in [1.82, 2.24) is 4.98 Å². The van der Waals surface area contributed by atoms with E-state index in [4.69, 9.17) is 10.5 Å². The zero-order valence-corrected chi connectivity index (χ0v) is 10.1. The summed E-state index contributed by atoms with van der Waals surface area (Å²) < 4.78 is 31.0. The van der Waals surface area contributed by atoms with E-state index in [1.807, 2.05) is 4.90 Å². The van der Waals surface area contributed by atoms with Gasteiger partial charge in [-0.15, -0.1) is 0 Å². The van der Waals surface area contributed by atoms with Crippen molar-refractivity contribution in [2.45, 2.75) is 18.8 Å². The first-order valence-electron chi connectivity index (χ1n) is 5.85. The zero-order valence-electron chi connectivity index (χ0n) is 10.1. The number of nitrogens with two attached hydrogens (primary N) is 1. The molecule has 0 atom stereocenters. The minimum absolute atomic E-state index is 0.00616. The van der Waals surface area contributed by atoms with Crippen molar-refractivity contribution >= 4 is 11.5 Å². The number of nitrogen functional groups attached to an aromatic ring is 1. The summed E-state index contributed by atoms with van der Waals surface area (Å²) in [5.74, 6) is -1.19. The monoisotopic (exact) mass is 255 g/mol. The molecule has 1 aromatic rings. The Kier molecular flexibility index (Phi) is 2.21. The Bertz CT molecular complexity index is 476. The summed E-state index contributed by atoms with van der Waals surface area (Å²) in [5.41, 5.74) is 5.95. The molecule has 2 N–H and O–H groups in total. The maximum atomic E-state index is 12.9. The molecule has 1 saturated carbocycles.